The van der Waals surface area contributed by atoms with Crippen LogP contribution in [0.3, 0.4) is 0 Å². The van der Waals surface area contributed by atoms with Crippen molar-refractivity contribution in [2.45, 2.75) is 19.6 Å². The van der Waals surface area contributed by atoms with E-state index < -0.39 is 0 Å². The maximum atomic E-state index is 2.47. The third-order valence-electron chi connectivity index (χ3n) is 13.8. The van der Waals surface area contributed by atoms with Crippen LogP contribution in [0, 0.1) is 0 Å². The molecule has 0 fully saturated rings. The predicted molar refractivity (Wildman–Crippen MR) is 278 cm³/mol. The summed E-state index contributed by atoms with van der Waals surface area (Å²) < 4.78 is 9.75. The first-order chi connectivity index (χ1) is 32.8. The lowest BCUT2D eigenvalue weighted by atomic mass is 10.1. The molecule has 0 unspecified atom stereocenters. The van der Waals surface area contributed by atoms with Crippen LogP contribution in [0.2, 0.25) is 0 Å². The molecule has 0 bridgehead atoms. The molecular formula is C60H36N4S2. The second-order valence-electron chi connectivity index (χ2n) is 17.3. The summed E-state index contributed by atoms with van der Waals surface area (Å²) in [6, 6.07) is 80.4. The minimum absolute atomic E-state index is 1.14. The van der Waals surface area contributed by atoms with E-state index in [2.05, 4.69) is 237 Å². The van der Waals surface area contributed by atoms with Gasteiger partial charge in [0.15, 0.2) is 0 Å². The molecule has 0 spiro atoms. The van der Waals surface area contributed by atoms with Crippen LogP contribution < -0.4 is 0 Å². The van der Waals surface area contributed by atoms with Crippen molar-refractivity contribution >= 4 is 111 Å². The Morgan fingerprint density at radius 1 is 0.227 bits per heavy atom. The van der Waals surface area contributed by atoms with Crippen molar-refractivity contribution in [2.75, 3.05) is 0 Å². The average Bonchev–Trinajstić information content (AvgIpc) is 4.11. The average molecular weight is 877 g/mol. The van der Waals surface area contributed by atoms with Crippen LogP contribution in [0.5, 0.6) is 0 Å². The Balaban J connectivity index is 0.883. The van der Waals surface area contributed by atoms with Crippen LogP contribution in [0.1, 0.15) is 0 Å². The highest BCUT2D eigenvalue weighted by molar-refractivity contribution is 8.05. The first-order valence-electron chi connectivity index (χ1n) is 22.4. The molecule has 4 nitrogen and oxygen atoms in total. The molecule has 5 heterocycles. The monoisotopic (exact) mass is 876 g/mol. The van der Waals surface area contributed by atoms with Crippen LogP contribution in [0.4, 0.5) is 0 Å². The number of nitrogens with zero attached hydrogens (tertiary/aromatic N) is 4. The second-order valence-corrected chi connectivity index (χ2v) is 19.4. The van der Waals surface area contributed by atoms with Crippen molar-refractivity contribution < 1.29 is 0 Å². The predicted octanol–water partition coefficient (Wildman–Crippen LogP) is 16.7. The highest BCUT2D eigenvalue weighted by Gasteiger charge is 2.28. The van der Waals surface area contributed by atoms with Gasteiger partial charge >= 0.3 is 0 Å². The molecule has 6 heteroatoms. The zero-order valence-electron chi connectivity index (χ0n) is 35.4. The number of rotatable bonds is 4. The van der Waals surface area contributed by atoms with E-state index >= 15 is 0 Å². The number of hydrogen-bond acceptors (Lipinski definition) is 2. The largest absolute Gasteiger partial charge is 0.309 e. The van der Waals surface area contributed by atoms with Crippen molar-refractivity contribution in [2.24, 2.45) is 0 Å². The molecule has 1 aliphatic heterocycles. The Labute approximate surface area is 387 Å². The van der Waals surface area contributed by atoms with E-state index in [0.29, 0.717) is 0 Å². The molecular weight excluding hydrogens is 841 g/mol. The Hall–Kier alpha value is -7.90. The van der Waals surface area contributed by atoms with Crippen molar-refractivity contribution in [3.8, 4) is 22.7 Å². The van der Waals surface area contributed by atoms with Crippen molar-refractivity contribution in [1.82, 2.24) is 18.3 Å². The number of benzene rings is 10. The van der Waals surface area contributed by atoms with E-state index in [1.165, 1.54) is 107 Å². The third kappa shape index (κ3) is 5.03. The summed E-state index contributed by atoms with van der Waals surface area (Å²) in [4.78, 5) is 5.22. The molecule has 0 saturated carbocycles. The van der Waals surface area contributed by atoms with Crippen LogP contribution in [0.25, 0.3) is 110 Å². The summed E-state index contributed by atoms with van der Waals surface area (Å²) in [7, 11) is 0. The van der Waals surface area contributed by atoms with Gasteiger partial charge in [0.05, 0.1) is 44.1 Å². The molecule has 14 aromatic rings. The van der Waals surface area contributed by atoms with E-state index in [4.69, 9.17) is 0 Å². The van der Waals surface area contributed by atoms with Gasteiger partial charge in [0.1, 0.15) is 0 Å². The van der Waals surface area contributed by atoms with Crippen LogP contribution in [-0.4, -0.2) is 18.3 Å². The van der Waals surface area contributed by atoms with Gasteiger partial charge in [-0.1, -0.05) is 145 Å². The Morgan fingerprint density at radius 2 is 0.500 bits per heavy atom. The van der Waals surface area contributed by atoms with Gasteiger partial charge in [-0.2, -0.15) is 0 Å². The number of aromatic nitrogens is 4. The van der Waals surface area contributed by atoms with E-state index in [-0.39, 0.29) is 0 Å². The van der Waals surface area contributed by atoms with Gasteiger partial charge in [-0.3, -0.25) is 0 Å². The van der Waals surface area contributed by atoms with Crippen LogP contribution in [-0.2, 0) is 0 Å². The van der Waals surface area contributed by atoms with Crippen molar-refractivity contribution in [3.05, 3.63) is 218 Å². The highest BCUT2D eigenvalue weighted by Crippen LogP contribution is 2.56. The fourth-order valence-corrected chi connectivity index (χ4v) is 13.7. The van der Waals surface area contributed by atoms with E-state index in [9.17, 15) is 0 Å². The molecule has 0 amide bonds. The number of fused-ring (bicyclic) bond motifs is 16. The minimum atomic E-state index is 1.14. The SMILES string of the molecule is c1cc(-n2c3ccccc3c3ccccc32)cc(-n2c3ccccc3c3c4c(ccc32)Sc2c(ccc3c2c2ccccc2n3-c2cccc(-n3c5ccccc5c5ccccc53)c2)S4)c1. The topological polar surface area (TPSA) is 19.7 Å². The van der Waals surface area contributed by atoms with Gasteiger partial charge in [0, 0.05) is 85.4 Å². The molecule has 66 heavy (non-hydrogen) atoms. The third-order valence-corrected chi connectivity index (χ3v) is 16.4. The zero-order chi connectivity index (χ0) is 43.0. The number of hydrogen-bond donors (Lipinski definition) is 0. The second kappa shape index (κ2) is 13.8. The summed E-state index contributed by atoms with van der Waals surface area (Å²) in [5.74, 6) is 0. The van der Waals surface area contributed by atoms with Crippen molar-refractivity contribution in [1.29, 1.82) is 0 Å². The summed E-state index contributed by atoms with van der Waals surface area (Å²) >= 11 is 3.84. The zero-order valence-corrected chi connectivity index (χ0v) is 37.0. The van der Waals surface area contributed by atoms with E-state index in [1.807, 2.05) is 23.5 Å². The molecule has 0 atom stereocenters. The Bertz CT molecular complexity index is 3980. The van der Waals surface area contributed by atoms with Gasteiger partial charge in [0.2, 0.25) is 0 Å². The lowest BCUT2D eigenvalue weighted by Crippen LogP contribution is -1.99. The highest BCUT2D eigenvalue weighted by atomic mass is 32.2. The van der Waals surface area contributed by atoms with Gasteiger partial charge in [-0.25, -0.2) is 0 Å². The maximum Gasteiger partial charge on any atom is 0.0553 e. The molecule has 308 valence electrons. The lowest BCUT2D eigenvalue weighted by Gasteiger charge is -2.21. The van der Waals surface area contributed by atoms with Crippen molar-refractivity contribution in [3.63, 3.8) is 0 Å². The molecule has 15 rings (SSSR count). The smallest absolute Gasteiger partial charge is 0.0553 e. The molecule has 4 aromatic heterocycles. The summed E-state index contributed by atoms with van der Waals surface area (Å²) in [6.07, 6.45) is 0. The molecule has 0 radical (unpaired) electrons. The quantitative estimate of drug-likeness (QED) is 0.175. The molecule has 0 saturated heterocycles. The van der Waals surface area contributed by atoms with Gasteiger partial charge in [-0.05, 0) is 97.1 Å². The summed E-state index contributed by atoms with van der Waals surface area (Å²) in [6.45, 7) is 0. The standard InChI is InChI=1S/C60H36N4S2/c1-7-25-47-41(19-1)42-20-2-8-26-48(42)61(47)37-15-13-17-39(35-37)63-51-29-11-5-23-45(51)57-53(63)31-33-55-59(57)65-56-34-32-54-58(60(56)66-55)46-24-6-12-30-52(46)64(54)40-18-14-16-38(36-40)62-49-27-9-3-21-43(49)44-22-4-10-28-50(44)62/h1-36H. The Morgan fingerprint density at radius 3 is 0.833 bits per heavy atom. The Kier molecular flexibility index (Phi) is 7.62. The molecule has 1 aliphatic rings. The number of para-hydroxylation sites is 6. The fraction of sp³-hybridized carbons (Fsp3) is 0. The molecule has 0 N–H and O–H groups in total. The first-order valence-corrected chi connectivity index (χ1v) is 24.1. The first kappa shape index (κ1) is 36.4. The lowest BCUT2D eigenvalue weighted by molar-refractivity contribution is 1.12. The maximum absolute atomic E-state index is 2.47. The van der Waals surface area contributed by atoms with Crippen LogP contribution in [0.15, 0.2) is 238 Å². The molecule has 10 aromatic carbocycles. The molecule has 0 aliphatic carbocycles. The summed E-state index contributed by atoms with van der Waals surface area (Å²) in [5.41, 5.74) is 14.3. The fourth-order valence-electron chi connectivity index (χ4n) is 11.1. The summed E-state index contributed by atoms with van der Waals surface area (Å²) in [5, 5.41) is 10.2. The van der Waals surface area contributed by atoms with Gasteiger partial charge in [0.25, 0.3) is 0 Å². The van der Waals surface area contributed by atoms with Gasteiger partial charge < -0.3 is 18.3 Å². The van der Waals surface area contributed by atoms with Crippen LogP contribution >= 0.6 is 23.5 Å². The van der Waals surface area contributed by atoms with E-state index in [0.717, 1.165) is 22.7 Å². The van der Waals surface area contributed by atoms with E-state index in [1.54, 1.807) is 0 Å². The van der Waals surface area contributed by atoms with Gasteiger partial charge in [-0.15, -0.1) is 0 Å². The normalized spacial score (nSPS) is 12.7. The minimum Gasteiger partial charge on any atom is -0.309 e.